The third-order valence-corrected chi connectivity index (χ3v) is 4.84. The fourth-order valence-corrected chi connectivity index (χ4v) is 3.69. The van der Waals surface area contributed by atoms with Crippen LogP contribution in [-0.2, 0) is 14.8 Å². The zero-order valence-corrected chi connectivity index (χ0v) is 12.9. The maximum Gasteiger partial charge on any atom is 0.241 e. The van der Waals surface area contributed by atoms with E-state index in [1.165, 1.54) is 12.1 Å². The van der Waals surface area contributed by atoms with Crippen molar-refractivity contribution >= 4 is 22.4 Å². The Kier molecular flexibility index (Phi) is 5.91. The largest absolute Gasteiger partial charge is 0.378 e. The van der Waals surface area contributed by atoms with Crippen LogP contribution in [0.1, 0.15) is 5.56 Å². The number of rotatable bonds is 4. The molecule has 1 aromatic rings. The van der Waals surface area contributed by atoms with Crippen LogP contribution < -0.4 is 10.0 Å². The van der Waals surface area contributed by atoms with E-state index in [2.05, 4.69) is 10.0 Å². The fraction of sp³-hybridized carbons (Fsp3) is 0.500. The van der Waals surface area contributed by atoms with Gasteiger partial charge in [-0.3, -0.25) is 0 Å². The van der Waals surface area contributed by atoms with Crippen molar-refractivity contribution in [3.8, 4) is 0 Å². The highest BCUT2D eigenvalue weighted by Gasteiger charge is 2.31. The minimum absolute atomic E-state index is 0. The molecule has 0 aliphatic carbocycles. The molecule has 0 spiro atoms. The Labute approximate surface area is 124 Å². The Morgan fingerprint density at radius 3 is 2.70 bits per heavy atom. The molecule has 8 heteroatoms. The molecule has 5 nitrogen and oxygen atoms in total. The van der Waals surface area contributed by atoms with Crippen molar-refractivity contribution in [2.75, 3.05) is 20.2 Å². The highest BCUT2D eigenvalue weighted by atomic mass is 35.5. The van der Waals surface area contributed by atoms with E-state index in [0.717, 1.165) is 6.07 Å². The van der Waals surface area contributed by atoms with Crippen molar-refractivity contribution in [1.29, 1.82) is 0 Å². The van der Waals surface area contributed by atoms with Crippen molar-refractivity contribution < 1.29 is 17.5 Å². The Morgan fingerprint density at radius 2 is 2.10 bits per heavy atom. The van der Waals surface area contributed by atoms with Crippen molar-refractivity contribution in [2.45, 2.75) is 24.0 Å². The van der Waals surface area contributed by atoms with Crippen LogP contribution in [-0.4, -0.2) is 40.8 Å². The molecule has 0 amide bonds. The Bertz CT molecular complexity index is 568. The van der Waals surface area contributed by atoms with Crippen molar-refractivity contribution in [3.05, 3.63) is 29.6 Å². The molecule has 20 heavy (non-hydrogen) atoms. The van der Waals surface area contributed by atoms with Crippen LogP contribution in [0, 0.1) is 12.7 Å². The molecular weight excluding hydrogens is 307 g/mol. The summed E-state index contributed by atoms with van der Waals surface area (Å²) in [4.78, 5) is 0.0932. The predicted octanol–water partition coefficient (Wildman–Crippen LogP) is 0.821. The molecule has 2 rings (SSSR count). The summed E-state index contributed by atoms with van der Waals surface area (Å²) in [6, 6.07) is 3.30. The van der Waals surface area contributed by atoms with Gasteiger partial charge in [0.15, 0.2) is 0 Å². The second-order valence-corrected chi connectivity index (χ2v) is 6.25. The number of aryl methyl sites for hydroxylation is 1. The van der Waals surface area contributed by atoms with Crippen molar-refractivity contribution in [1.82, 2.24) is 10.0 Å². The molecule has 1 aliphatic heterocycles. The van der Waals surface area contributed by atoms with Gasteiger partial charge in [0.25, 0.3) is 0 Å². The summed E-state index contributed by atoms with van der Waals surface area (Å²) in [6.07, 6.45) is -0.199. The average Bonchev–Trinajstić information content (AvgIpc) is 2.74. The van der Waals surface area contributed by atoms with Gasteiger partial charge in [0.1, 0.15) is 5.82 Å². The summed E-state index contributed by atoms with van der Waals surface area (Å²) in [5, 5.41) is 3.06. The predicted molar refractivity (Wildman–Crippen MR) is 76.2 cm³/mol. The molecular formula is C12H18ClFN2O3S. The van der Waals surface area contributed by atoms with Crippen molar-refractivity contribution in [2.24, 2.45) is 0 Å². The van der Waals surface area contributed by atoms with E-state index in [4.69, 9.17) is 4.74 Å². The van der Waals surface area contributed by atoms with E-state index >= 15 is 0 Å². The maximum absolute atomic E-state index is 13.0. The van der Waals surface area contributed by atoms with Crippen molar-refractivity contribution in [3.63, 3.8) is 0 Å². The molecule has 0 saturated carbocycles. The van der Waals surface area contributed by atoms with E-state index < -0.39 is 15.8 Å². The van der Waals surface area contributed by atoms with E-state index in [-0.39, 0.29) is 29.4 Å². The van der Waals surface area contributed by atoms with Gasteiger partial charge in [0.2, 0.25) is 10.0 Å². The first-order chi connectivity index (χ1) is 8.94. The van der Waals surface area contributed by atoms with Gasteiger partial charge in [-0.1, -0.05) is 0 Å². The summed E-state index contributed by atoms with van der Waals surface area (Å²) < 4.78 is 45.3. The lowest BCUT2D eigenvalue weighted by Crippen LogP contribution is -2.43. The van der Waals surface area contributed by atoms with Crippen LogP contribution in [0.4, 0.5) is 4.39 Å². The molecule has 1 heterocycles. The van der Waals surface area contributed by atoms with Crippen LogP contribution in [0.2, 0.25) is 0 Å². The lowest BCUT2D eigenvalue weighted by atomic mass is 10.2. The number of nitrogens with one attached hydrogen (secondary N) is 2. The average molecular weight is 325 g/mol. The minimum atomic E-state index is -3.67. The lowest BCUT2D eigenvalue weighted by Gasteiger charge is -2.19. The van der Waals surface area contributed by atoms with E-state index in [9.17, 15) is 12.8 Å². The number of sulfonamides is 1. The third kappa shape index (κ3) is 3.67. The normalized spacial score (nSPS) is 22.6. The quantitative estimate of drug-likeness (QED) is 0.860. The van der Waals surface area contributed by atoms with Crippen LogP contribution in [0.15, 0.2) is 23.1 Å². The summed E-state index contributed by atoms with van der Waals surface area (Å²) in [7, 11) is -2.13. The first-order valence-corrected chi connectivity index (χ1v) is 7.44. The molecule has 1 aromatic carbocycles. The first-order valence-electron chi connectivity index (χ1n) is 5.96. The molecule has 0 radical (unpaired) electrons. The van der Waals surface area contributed by atoms with Gasteiger partial charge in [-0.25, -0.2) is 17.5 Å². The Hall–Kier alpha value is -0.730. The lowest BCUT2D eigenvalue weighted by molar-refractivity contribution is 0.103. The van der Waals surface area contributed by atoms with E-state index in [1.807, 2.05) is 0 Å². The zero-order chi connectivity index (χ0) is 14.0. The number of halogens is 2. The van der Waals surface area contributed by atoms with E-state index in [0.29, 0.717) is 18.7 Å². The Balaban J connectivity index is 0.00000200. The SMILES string of the molecule is CO[C@H]1CNC[C@@H]1NS(=O)(=O)c1ccc(F)cc1C.Cl. The van der Waals surface area contributed by atoms with Gasteiger partial charge in [-0.05, 0) is 30.7 Å². The smallest absolute Gasteiger partial charge is 0.241 e. The molecule has 1 fully saturated rings. The van der Waals surface area contributed by atoms with Gasteiger partial charge in [-0.15, -0.1) is 12.4 Å². The van der Waals surface area contributed by atoms with Crippen LogP contribution >= 0.6 is 12.4 Å². The summed E-state index contributed by atoms with van der Waals surface area (Å²) >= 11 is 0. The maximum atomic E-state index is 13.0. The minimum Gasteiger partial charge on any atom is -0.378 e. The molecule has 1 saturated heterocycles. The van der Waals surface area contributed by atoms with Crippen LogP contribution in [0.25, 0.3) is 0 Å². The van der Waals surface area contributed by atoms with Crippen LogP contribution in [0.3, 0.4) is 0 Å². The highest BCUT2D eigenvalue weighted by Crippen LogP contribution is 2.17. The summed E-state index contributed by atoms with van der Waals surface area (Å²) in [5.74, 6) is -0.450. The van der Waals surface area contributed by atoms with Gasteiger partial charge in [-0.2, -0.15) is 0 Å². The van der Waals surface area contributed by atoms with E-state index in [1.54, 1.807) is 14.0 Å². The number of hydrogen-bond donors (Lipinski definition) is 2. The standard InChI is InChI=1S/C12H17FN2O3S.ClH/c1-8-5-9(13)3-4-12(8)19(16,17)15-10-6-14-7-11(10)18-2;/h3-5,10-11,14-15H,6-7H2,1-2H3;1H/t10-,11-;/m0./s1. The number of methoxy groups -OCH3 is 1. The number of benzene rings is 1. The van der Waals surface area contributed by atoms with Crippen LogP contribution in [0.5, 0.6) is 0 Å². The first kappa shape index (κ1) is 17.3. The molecule has 2 atom stereocenters. The molecule has 0 aromatic heterocycles. The highest BCUT2D eigenvalue weighted by molar-refractivity contribution is 7.89. The molecule has 0 bridgehead atoms. The zero-order valence-electron chi connectivity index (χ0n) is 11.2. The number of hydrogen-bond acceptors (Lipinski definition) is 4. The monoisotopic (exact) mass is 324 g/mol. The van der Waals surface area contributed by atoms with Gasteiger partial charge in [0, 0.05) is 20.2 Å². The van der Waals surface area contributed by atoms with Gasteiger partial charge < -0.3 is 10.1 Å². The van der Waals surface area contributed by atoms with Gasteiger partial charge in [0.05, 0.1) is 17.0 Å². The molecule has 114 valence electrons. The molecule has 1 aliphatic rings. The molecule has 0 unspecified atom stereocenters. The summed E-state index contributed by atoms with van der Waals surface area (Å²) in [6.45, 7) is 2.68. The summed E-state index contributed by atoms with van der Waals surface area (Å²) in [5.41, 5.74) is 0.382. The Morgan fingerprint density at radius 1 is 1.40 bits per heavy atom. The third-order valence-electron chi connectivity index (χ3n) is 3.19. The van der Waals surface area contributed by atoms with Gasteiger partial charge >= 0.3 is 0 Å². The second kappa shape index (κ2) is 6.82. The fourth-order valence-electron chi connectivity index (χ4n) is 2.20. The number of ether oxygens (including phenoxy) is 1. The topological polar surface area (TPSA) is 67.4 Å². The molecule has 2 N–H and O–H groups in total. The second-order valence-electron chi connectivity index (χ2n) is 4.57.